The number of rotatable bonds is 3. The van der Waals surface area contributed by atoms with Crippen LogP contribution in [0.2, 0.25) is 10.0 Å². The van der Waals surface area contributed by atoms with Crippen LogP contribution in [0.15, 0.2) is 72.9 Å². The maximum Gasteiger partial charge on any atom is 0.257 e. The van der Waals surface area contributed by atoms with Gasteiger partial charge in [0.2, 0.25) is 0 Å². The van der Waals surface area contributed by atoms with Crippen molar-refractivity contribution in [2.75, 3.05) is 5.32 Å². The minimum Gasteiger partial charge on any atom is -0.322 e. The Morgan fingerprint density at radius 1 is 0.929 bits per heavy atom. The Balaban J connectivity index is 1.72. The van der Waals surface area contributed by atoms with Gasteiger partial charge in [-0.3, -0.25) is 9.78 Å². The second-order valence-electron chi connectivity index (χ2n) is 6.51. The Hall–Kier alpha value is -2.88. The Morgan fingerprint density at radius 3 is 2.57 bits per heavy atom. The molecule has 0 unspecified atom stereocenters. The van der Waals surface area contributed by atoms with Crippen molar-refractivity contribution >= 4 is 45.6 Å². The zero-order chi connectivity index (χ0) is 19.7. The number of aryl methyl sites for hydroxylation is 1. The first-order valence-electron chi connectivity index (χ1n) is 8.74. The number of hydrogen-bond acceptors (Lipinski definition) is 2. The first kappa shape index (κ1) is 18.5. The van der Waals surface area contributed by atoms with Gasteiger partial charge in [-0.1, -0.05) is 53.5 Å². The van der Waals surface area contributed by atoms with E-state index in [9.17, 15) is 4.79 Å². The van der Waals surface area contributed by atoms with E-state index in [1.54, 1.807) is 30.5 Å². The van der Waals surface area contributed by atoms with Crippen molar-refractivity contribution in [2.24, 2.45) is 0 Å². The maximum atomic E-state index is 12.6. The molecule has 4 aromatic rings. The van der Waals surface area contributed by atoms with Gasteiger partial charge < -0.3 is 5.32 Å². The highest BCUT2D eigenvalue weighted by atomic mass is 35.5. The summed E-state index contributed by atoms with van der Waals surface area (Å²) in [5.74, 6) is -0.274. The number of pyridine rings is 1. The third-order valence-electron chi connectivity index (χ3n) is 4.52. The average Bonchev–Trinajstić information content (AvgIpc) is 2.69. The molecule has 1 N–H and O–H groups in total. The molecule has 0 saturated heterocycles. The molecule has 0 aliphatic heterocycles. The zero-order valence-corrected chi connectivity index (χ0v) is 16.6. The van der Waals surface area contributed by atoms with E-state index in [4.69, 9.17) is 23.2 Å². The molecule has 138 valence electrons. The number of aromatic nitrogens is 1. The fourth-order valence-electron chi connectivity index (χ4n) is 3.12. The van der Waals surface area contributed by atoms with Crippen LogP contribution >= 0.6 is 23.2 Å². The molecule has 28 heavy (non-hydrogen) atoms. The van der Waals surface area contributed by atoms with Gasteiger partial charge in [0, 0.05) is 22.8 Å². The van der Waals surface area contributed by atoms with E-state index in [1.807, 2.05) is 49.4 Å². The summed E-state index contributed by atoms with van der Waals surface area (Å²) in [6.45, 7) is 1.93. The number of hydrogen-bond donors (Lipinski definition) is 1. The van der Waals surface area contributed by atoms with Gasteiger partial charge in [0.05, 0.1) is 21.3 Å². The number of carbonyl (C=O) groups is 1. The van der Waals surface area contributed by atoms with Crippen molar-refractivity contribution in [1.82, 2.24) is 4.98 Å². The molecule has 0 saturated carbocycles. The number of carbonyl (C=O) groups excluding carboxylic acids is 1. The molecule has 0 atom stereocenters. The molecule has 0 aliphatic carbocycles. The van der Waals surface area contributed by atoms with E-state index in [-0.39, 0.29) is 5.91 Å². The van der Waals surface area contributed by atoms with Gasteiger partial charge in [-0.2, -0.15) is 0 Å². The Morgan fingerprint density at radius 2 is 1.75 bits per heavy atom. The normalized spacial score (nSPS) is 10.8. The molecule has 3 aromatic carbocycles. The number of nitrogens with zero attached hydrogens (tertiary/aromatic N) is 1. The predicted molar refractivity (Wildman–Crippen MR) is 116 cm³/mol. The zero-order valence-electron chi connectivity index (χ0n) is 15.0. The molecular weight excluding hydrogens is 391 g/mol. The third kappa shape index (κ3) is 3.59. The molecule has 0 fully saturated rings. The van der Waals surface area contributed by atoms with Crippen LogP contribution in [0.25, 0.3) is 22.0 Å². The van der Waals surface area contributed by atoms with Crippen LogP contribution in [0.1, 0.15) is 15.9 Å². The summed E-state index contributed by atoms with van der Waals surface area (Å²) in [4.78, 5) is 17.2. The molecule has 4 rings (SSSR count). The van der Waals surface area contributed by atoms with E-state index in [1.165, 1.54) is 0 Å². The molecule has 1 amide bonds. The van der Waals surface area contributed by atoms with Crippen LogP contribution < -0.4 is 5.32 Å². The Bertz CT molecular complexity index is 1200. The number of amides is 1. The summed E-state index contributed by atoms with van der Waals surface area (Å²) in [6.07, 6.45) is 1.76. The van der Waals surface area contributed by atoms with E-state index >= 15 is 0 Å². The van der Waals surface area contributed by atoms with Gasteiger partial charge in [0.25, 0.3) is 5.91 Å². The van der Waals surface area contributed by atoms with E-state index < -0.39 is 0 Å². The molecular formula is C23H16Cl2N2O. The van der Waals surface area contributed by atoms with Crippen molar-refractivity contribution in [3.05, 3.63) is 94.1 Å². The third-order valence-corrected chi connectivity index (χ3v) is 5.16. The molecule has 0 aliphatic rings. The van der Waals surface area contributed by atoms with Crippen LogP contribution in [0.3, 0.4) is 0 Å². The summed E-state index contributed by atoms with van der Waals surface area (Å²) in [7, 11) is 0. The van der Waals surface area contributed by atoms with Crippen LogP contribution in [-0.2, 0) is 0 Å². The number of fused-ring (bicyclic) bond motifs is 1. The largest absolute Gasteiger partial charge is 0.322 e. The van der Waals surface area contributed by atoms with E-state index in [0.29, 0.717) is 21.3 Å². The topological polar surface area (TPSA) is 42.0 Å². The molecule has 0 radical (unpaired) electrons. The van der Waals surface area contributed by atoms with Crippen molar-refractivity contribution in [2.45, 2.75) is 6.92 Å². The van der Waals surface area contributed by atoms with Gasteiger partial charge >= 0.3 is 0 Å². The number of benzene rings is 3. The number of anilines is 1. The molecule has 0 bridgehead atoms. The lowest BCUT2D eigenvalue weighted by Crippen LogP contribution is -2.12. The summed E-state index contributed by atoms with van der Waals surface area (Å²) >= 11 is 12.7. The molecule has 3 nitrogen and oxygen atoms in total. The van der Waals surface area contributed by atoms with Crippen molar-refractivity contribution in [3.8, 4) is 11.3 Å². The lowest BCUT2D eigenvalue weighted by Gasteiger charge is -2.12. The highest BCUT2D eigenvalue weighted by Crippen LogP contribution is 2.34. The summed E-state index contributed by atoms with van der Waals surface area (Å²) in [5, 5.41) is 5.95. The smallest absolute Gasteiger partial charge is 0.257 e. The van der Waals surface area contributed by atoms with Crippen molar-refractivity contribution in [1.29, 1.82) is 0 Å². The minimum absolute atomic E-state index is 0.274. The Kier molecular flexibility index (Phi) is 5.03. The van der Waals surface area contributed by atoms with Crippen LogP contribution in [0.5, 0.6) is 0 Å². The first-order chi connectivity index (χ1) is 13.5. The summed E-state index contributed by atoms with van der Waals surface area (Å²) < 4.78 is 0. The molecule has 1 aromatic heterocycles. The lowest BCUT2D eigenvalue weighted by atomic mass is 10.0. The van der Waals surface area contributed by atoms with Crippen LogP contribution in [0.4, 0.5) is 5.69 Å². The quantitative estimate of drug-likeness (QED) is 0.407. The average molecular weight is 407 g/mol. The molecule has 1 heterocycles. The van der Waals surface area contributed by atoms with Gasteiger partial charge in [-0.15, -0.1) is 0 Å². The minimum atomic E-state index is -0.274. The first-order valence-corrected chi connectivity index (χ1v) is 9.50. The highest BCUT2D eigenvalue weighted by Gasteiger charge is 2.14. The number of nitrogens with one attached hydrogen (secondary N) is 1. The fourth-order valence-corrected chi connectivity index (χ4v) is 3.65. The highest BCUT2D eigenvalue weighted by molar-refractivity contribution is 6.35. The van der Waals surface area contributed by atoms with Crippen LogP contribution in [0, 0.1) is 6.92 Å². The molecule has 0 spiro atoms. The standard InChI is InChI=1S/C23H16Cl2N2O/c1-14-6-8-18(21(25)12-14)23(28)27-16-7-9-20(24)19(13-16)22-17-5-3-2-4-15(17)10-11-26-22/h2-13H,1H3,(H,27,28). The van der Waals surface area contributed by atoms with E-state index in [0.717, 1.165) is 27.6 Å². The predicted octanol–water partition coefficient (Wildman–Crippen LogP) is 6.77. The number of halogens is 2. The van der Waals surface area contributed by atoms with Gasteiger partial charge in [0.15, 0.2) is 0 Å². The van der Waals surface area contributed by atoms with Crippen molar-refractivity contribution in [3.63, 3.8) is 0 Å². The maximum absolute atomic E-state index is 12.6. The van der Waals surface area contributed by atoms with Gasteiger partial charge in [-0.25, -0.2) is 0 Å². The van der Waals surface area contributed by atoms with Gasteiger partial charge in [0.1, 0.15) is 0 Å². The van der Waals surface area contributed by atoms with Crippen molar-refractivity contribution < 1.29 is 4.79 Å². The second kappa shape index (κ2) is 7.63. The Labute approximate surface area is 172 Å². The summed E-state index contributed by atoms with van der Waals surface area (Å²) in [6, 6.07) is 20.6. The SMILES string of the molecule is Cc1ccc(C(=O)Nc2ccc(Cl)c(-c3nccc4ccccc34)c2)c(Cl)c1. The fraction of sp³-hybridized carbons (Fsp3) is 0.0435. The second-order valence-corrected chi connectivity index (χ2v) is 7.33. The monoisotopic (exact) mass is 406 g/mol. The lowest BCUT2D eigenvalue weighted by molar-refractivity contribution is 0.102. The van der Waals surface area contributed by atoms with E-state index in [2.05, 4.69) is 10.3 Å². The summed E-state index contributed by atoms with van der Waals surface area (Å²) in [5.41, 5.74) is 3.57. The van der Waals surface area contributed by atoms with Crippen LogP contribution in [-0.4, -0.2) is 10.9 Å². The van der Waals surface area contributed by atoms with Gasteiger partial charge in [-0.05, 0) is 54.3 Å². The molecule has 5 heteroatoms.